The Balaban J connectivity index is 0. The lowest BCUT2D eigenvalue weighted by atomic mass is 9.72. The van der Waals surface area contributed by atoms with E-state index in [4.69, 9.17) is 5.73 Å². The van der Waals surface area contributed by atoms with Gasteiger partial charge >= 0.3 is 0 Å². The van der Waals surface area contributed by atoms with Crippen LogP contribution in [0, 0.1) is 16.7 Å². The first-order valence-electron chi connectivity index (χ1n) is 6.02. The fourth-order valence-electron chi connectivity index (χ4n) is 1.45. The molecule has 0 rings (SSSR count). The molecule has 1 unspecified atom stereocenters. The number of carbonyl (C=O) groups is 2. The van der Waals surface area contributed by atoms with Gasteiger partial charge in [-0.2, -0.15) is 0 Å². The van der Waals surface area contributed by atoms with E-state index in [1.165, 1.54) is 0 Å². The minimum absolute atomic E-state index is 0.0287. The summed E-state index contributed by atoms with van der Waals surface area (Å²) in [4.78, 5) is 20.7. The molecule has 0 aliphatic carbocycles. The predicted octanol–water partition coefficient (Wildman–Crippen LogP) is 2.23. The van der Waals surface area contributed by atoms with Crippen LogP contribution in [0.3, 0.4) is 0 Å². The second-order valence-electron chi connectivity index (χ2n) is 6.69. The molecule has 0 fully saturated rings. The number of carbonyl (C=O) groups excluding carboxylic acids is 2. The monoisotopic (exact) mass is 256 g/mol. The van der Waals surface area contributed by atoms with Gasteiger partial charge in [-0.1, -0.05) is 48.1 Å². The van der Waals surface area contributed by atoms with Crippen molar-refractivity contribution in [3.05, 3.63) is 12.7 Å². The topological polar surface area (TPSA) is 86.2 Å². The third-order valence-electron chi connectivity index (χ3n) is 2.41. The largest absolute Gasteiger partial charge is 0.369 e. The van der Waals surface area contributed by atoms with Gasteiger partial charge < -0.3 is 11.5 Å². The summed E-state index contributed by atoms with van der Waals surface area (Å²) in [6, 6.07) is 0. The number of hydrogen-bond acceptors (Lipinski definition) is 2. The normalized spacial score (nSPS) is 13.0. The molecule has 18 heavy (non-hydrogen) atoms. The van der Waals surface area contributed by atoms with Crippen LogP contribution in [0.25, 0.3) is 0 Å². The van der Waals surface area contributed by atoms with E-state index in [1.807, 2.05) is 0 Å². The number of amides is 2. The molecule has 2 amide bonds. The summed E-state index contributed by atoms with van der Waals surface area (Å²) in [5, 5.41) is 0. The lowest BCUT2D eigenvalue weighted by molar-refractivity contribution is -0.126. The van der Waals surface area contributed by atoms with E-state index in [1.54, 1.807) is 0 Å². The van der Waals surface area contributed by atoms with Gasteiger partial charge in [0, 0.05) is 5.92 Å². The molecule has 0 aliphatic rings. The van der Waals surface area contributed by atoms with E-state index >= 15 is 0 Å². The summed E-state index contributed by atoms with van der Waals surface area (Å²) in [6.07, 6.45) is 1.91. The Morgan fingerprint density at radius 2 is 1.44 bits per heavy atom. The summed E-state index contributed by atoms with van der Waals surface area (Å²) < 4.78 is 0. The smallest absolute Gasteiger partial charge is 0.240 e. The van der Waals surface area contributed by atoms with Gasteiger partial charge in [-0.05, 0) is 23.3 Å². The van der Waals surface area contributed by atoms with Crippen molar-refractivity contribution < 1.29 is 9.59 Å². The van der Waals surface area contributed by atoms with Gasteiger partial charge in [0.1, 0.15) is 0 Å². The van der Waals surface area contributed by atoms with Crippen LogP contribution >= 0.6 is 0 Å². The third-order valence-corrected chi connectivity index (χ3v) is 2.41. The average Bonchev–Trinajstić information content (AvgIpc) is 2.11. The minimum atomic E-state index is -0.481. The third kappa shape index (κ3) is 11.2. The highest BCUT2D eigenvalue weighted by atomic mass is 16.1. The number of hydrogen-bond donors (Lipinski definition) is 2. The molecule has 0 aliphatic heterocycles. The quantitative estimate of drug-likeness (QED) is 0.759. The van der Waals surface area contributed by atoms with Gasteiger partial charge in [0.2, 0.25) is 11.8 Å². The summed E-state index contributed by atoms with van der Waals surface area (Å²) in [6.45, 7) is 15.7. The first-order chi connectivity index (χ1) is 7.81. The number of primary amides is 2. The Hall–Kier alpha value is -1.32. The zero-order valence-electron chi connectivity index (χ0n) is 12.5. The van der Waals surface area contributed by atoms with Crippen LogP contribution in [0.4, 0.5) is 0 Å². The molecular weight excluding hydrogens is 228 g/mol. The lowest BCUT2D eigenvalue weighted by Crippen LogP contribution is -2.36. The highest BCUT2D eigenvalue weighted by Gasteiger charge is 2.32. The van der Waals surface area contributed by atoms with Crippen molar-refractivity contribution in [2.45, 2.75) is 48.0 Å². The first kappa shape index (κ1) is 19.0. The number of nitrogens with two attached hydrogens (primary N) is 2. The fraction of sp³-hybridized carbons (Fsp3) is 0.714. The second-order valence-corrected chi connectivity index (χ2v) is 6.69. The molecule has 0 heterocycles. The fourth-order valence-corrected chi connectivity index (χ4v) is 1.45. The van der Waals surface area contributed by atoms with Crippen LogP contribution in [0.1, 0.15) is 48.0 Å². The SMILES string of the molecule is C=CC(N)=O.CC(C)(C)CC(C(N)=O)C(C)(C)C. The molecule has 0 aromatic carbocycles. The van der Waals surface area contributed by atoms with Gasteiger partial charge in [0.15, 0.2) is 0 Å². The molecule has 0 radical (unpaired) electrons. The molecule has 4 heteroatoms. The molecule has 0 spiro atoms. The first-order valence-corrected chi connectivity index (χ1v) is 6.02. The minimum Gasteiger partial charge on any atom is -0.369 e. The van der Waals surface area contributed by atoms with Crippen LogP contribution in [0.5, 0.6) is 0 Å². The molecule has 1 atom stereocenters. The van der Waals surface area contributed by atoms with Gasteiger partial charge in [0.05, 0.1) is 0 Å². The zero-order valence-corrected chi connectivity index (χ0v) is 12.5. The zero-order chi connectivity index (χ0) is 15.1. The molecule has 4 nitrogen and oxygen atoms in total. The standard InChI is InChI=1S/C11H23NO.C3H5NO/c1-10(2,3)7-8(9(12)13)11(4,5)6;1-2-3(4)5/h8H,7H2,1-6H3,(H2,12,13);2H,1H2,(H2,4,5). The van der Waals surface area contributed by atoms with Crippen molar-refractivity contribution in [1.29, 1.82) is 0 Å². The van der Waals surface area contributed by atoms with E-state index in [9.17, 15) is 9.59 Å². The molecule has 0 aromatic rings. The van der Waals surface area contributed by atoms with Crippen LogP contribution in [-0.2, 0) is 9.59 Å². The molecule has 0 saturated heterocycles. The van der Waals surface area contributed by atoms with E-state index in [0.717, 1.165) is 12.5 Å². The summed E-state index contributed by atoms with van der Waals surface area (Å²) in [7, 11) is 0. The summed E-state index contributed by atoms with van der Waals surface area (Å²) in [5.74, 6) is -0.695. The maximum Gasteiger partial charge on any atom is 0.240 e. The Morgan fingerprint density at radius 3 is 1.50 bits per heavy atom. The predicted molar refractivity (Wildman–Crippen MR) is 75.6 cm³/mol. The van der Waals surface area contributed by atoms with E-state index in [0.29, 0.717) is 0 Å². The van der Waals surface area contributed by atoms with E-state index in [-0.39, 0.29) is 22.7 Å². The van der Waals surface area contributed by atoms with Gasteiger partial charge in [-0.25, -0.2) is 0 Å². The average molecular weight is 256 g/mol. The Kier molecular flexibility index (Phi) is 7.60. The van der Waals surface area contributed by atoms with Crippen molar-refractivity contribution >= 4 is 11.8 Å². The Morgan fingerprint density at radius 1 is 1.11 bits per heavy atom. The molecule has 4 N–H and O–H groups in total. The van der Waals surface area contributed by atoms with Gasteiger partial charge in [-0.15, -0.1) is 0 Å². The van der Waals surface area contributed by atoms with Crippen LogP contribution in [0.15, 0.2) is 12.7 Å². The maximum absolute atomic E-state index is 11.2. The molecule has 0 bridgehead atoms. The van der Waals surface area contributed by atoms with Crippen LogP contribution in [-0.4, -0.2) is 11.8 Å². The van der Waals surface area contributed by atoms with Crippen LogP contribution in [0.2, 0.25) is 0 Å². The molecule has 106 valence electrons. The summed E-state index contributed by atoms with van der Waals surface area (Å²) in [5.41, 5.74) is 10.1. The van der Waals surface area contributed by atoms with Crippen molar-refractivity contribution in [3.63, 3.8) is 0 Å². The summed E-state index contributed by atoms with van der Waals surface area (Å²) >= 11 is 0. The van der Waals surface area contributed by atoms with Crippen molar-refractivity contribution in [3.8, 4) is 0 Å². The van der Waals surface area contributed by atoms with E-state index < -0.39 is 5.91 Å². The molecule has 0 saturated carbocycles. The van der Waals surface area contributed by atoms with Gasteiger partial charge in [0.25, 0.3) is 0 Å². The maximum atomic E-state index is 11.2. The second kappa shape index (κ2) is 7.19. The van der Waals surface area contributed by atoms with E-state index in [2.05, 4.69) is 53.9 Å². The van der Waals surface area contributed by atoms with Crippen molar-refractivity contribution in [2.75, 3.05) is 0 Å². The Bertz CT molecular complexity index is 296. The highest BCUT2D eigenvalue weighted by Crippen LogP contribution is 2.35. The van der Waals surface area contributed by atoms with Crippen molar-refractivity contribution in [2.24, 2.45) is 28.2 Å². The molecule has 0 aromatic heterocycles. The molecular formula is C14H28N2O2. The Labute approximate surface area is 111 Å². The van der Waals surface area contributed by atoms with Crippen molar-refractivity contribution in [1.82, 2.24) is 0 Å². The highest BCUT2D eigenvalue weighted by molar-refractivity contribution is 5.84. The van der Waals surface area contributed by atoms with Crippen LogP contribution < -0.4 is 11.5 Å². The van der Waals surface area contributed by atoms with Gasteiger partial charge in [-0.3, -0.25) is 9.59 Å². The lowest BCUT2D eigenvalue weighted by Gasteiger charge is -2.33. The number of rotatable bonds is 3.